The van der Waals surface area contributed by atoms with Gasteiger partial charge >= 0.3 is 11.9 Å². The van der Waals surface area contributed by atoms with E-state index in [0.717, 1.165) is 22.6 Å². The molecule has 1 heterocycles. The molecule has 2 aromatic rings. The summed E-state index contributed by atoms with van der Waals surface area (Å²) in [6.45, 7) is 6.44. The standard InChI is InChI=1S/C31H35NO6S/c1-5-39-16-15-37-31(35)26-20(3)32-24-17-19(2)25(30(34)36-4)29(33)28(24)27(26)22-11-13-23(14-12-22)38-18-21-9-7-6-8-10-21/h6-14,19,25,27,32H,5,15-18H2,1-4H3/t19-,25-,27+/m0/s1. The van der Waals surface area contributed by atoms with Crippen molar-refractivity contribution in [3.63, 3.8) is 0 Å². The van der Waals surface area contributed by atoms with Crippen molar-refractivity contribution < 1.29 is 28.6 Å². The molecule has 0 bridgehead atoms. The molecule has 8 heteroatoms. The van der Waals surface area contributed by atoms with Crippen molar-refractivity contribution in [2.45, 2.75) is 39.7 Å². The Bertz CT molecular complexity index is 1270. The number of Topliss-reactive ketones (excluding diaryl/α,β-unsaturated/α-hetero) is 1. The maximum Gasteiger partial charge on any atom is 0.336 e. The molecule has 0 aromatic heterocycles. The number of methoxy groups -OCH3 is 1. The summed E-state index contributed by atoms with van der Waals surface area (Å²) in [7, 11) is 1.29. The quantitative estimate of drug-likeness (QED) is 0.247. The van der Waals surface area contributed by atoms with Gasteiger partial charge in [-0.25, -0.2) is 4.79 Å². The van der Waals surface area contributed by atoms with Crippen molar-refractivity contribution in [2.75, 3.05) is 25.2 Å². The van der Waals surface area contributed by atoms with E-state index in [4.69, 9.17) is 14.2 Å². The van der Waals surface area contributed by atoms with Crippen LogP contribution in [-0.4, -0.2) is 42.9 Å². The Kier molecular flexibility index (Phi) is 9.51. The molecule has 206 valence electrons. The van der Waals surface area contributed by atoms with E-state index in [0.29, 0.717) is 41.4 Å². The van der Waals surface area contributed by atoms with Gasteiger partial charge in [-0.2, -0.15) is 11.8 Å². The van der Waals surface area contributed by atoms with Gasteiger partial charge < -0.3 is 19.5 Å². The highest BCUT2D eigenvalue weighted by molar-refractivity contribution is 7.99. The number of benzene rings is 2. The number of thioether (sulfide) groups is 1. The number of carbonyl (C=O) groups excluding carboxylic acids is 3. The lowest BCUT2D eigenvalue weighted by Gasteiger charge is -2.38. The Labute approximate surface area is 234 Å². The molecule has 2 aliphatic rings. The summed E-state index contributed by atoms with van der Waals surface area (Å²) >= 11 is 1.69. The number of hydrogen-bond donors (Lipinski definition) is 1. The molecule has 1 aliphatic heterocycles. The van der Waals surface area contributed by atoms with Crippen molar-refractivity contribution >= 4 is 29.5 Å². The van der Waals surface area contributed by atoms with E-state index in [1.54, 1.807) is 11.8 Å². The van der Waals surface area contributed by atoms with Crippen molar-refractivity contribution in [2.24, 2.45) is 11.8 Å². The van der Waals surface area contributed by atoms with Crippen molar-refractivity contribution in [1.29, 1.82) is 0 Å². The van der Waals surface area contributed by atoms with E-state index in [1.165, 1.54) is 7.11 Å². The Morgan fingerprint density at radius 3 is 2.46 bits per heavy atom. The van der Waals surface area contributed by atoms with E-state index < -0.39 is 23.8 Å². The van der Waals surface area contributed by atoms with E-state index in [1.807, 2.05) is 68.4 Å². The molecule has 2 aromatic carbocycles. The first-order valence-electron chi connectivity index (χ1n) is 13.2. The van der Waals surface area contributed by atoms with Gasteiger partial charge in [0.05, 0.1) is 12.7 Å². The minimum absolute atomic E-state index is 0.238. The Balaban J connectivity index is 1.68. The van der Waals surface area contributed by atoms with Gasteiger partial charge in [-0.1, -0.05) is 56.3 Å². The molecule has 0 radical (unpaired) electrons. The first-order valence-corrected chi connectivity index (χ1v) is 14.4. The topological polar surface area (TPSA) is 90.9 Å². The van der Waals surface area contributed by atoms with Crippen LogP contribution in [0.4, 0.5) is 0 Å². The smallest absolute Gasteiger partial charge is 0.336 e. The Morgan fingerprint density at radius 1 is 1.08 bits per heavy atom. The molecule has 1 aliphatic carbocycles. The lowest BCUT2D eigenvalue weighted by molar-refractivity contribution is -0.151. The molecule has 0 saturated heterocycles. The van der Waals surface area contributed by atoms with Crippen molar-refractivity contribution in [1.82, 2.24) is 5.32 Å². The molecule has 3 atom stereocenters. The molecule has 4 rings (SSSR count). The van der Waals surface area contributed by atoms with Gasteiger partial charge in [0.25, 0.3) is 0 Å². The van der Waals surface area contributed by atoms with Crippen LogP contribution in [0.3, 0.4) is 0 Å². The van der Waals surface area contributed by atoms with E-state index >= 15 is 0 Å². The minimum atomic E-state index is -0.928. The minimum Gasteiger partial charge on any atom is -0.489 e. The zero-order valence-corrected chi connectivity index (χ0v) is 23.6. The molecule has 0 fully saturated rings. The first kappa shape index (κ1) is 28.5. The fraction of sp³-hybridized carbons (Fsp3) is 0.387. The third kappa shape index (κ3) is 6.38. The summed E-state index contributed by atoms with van der Waals surface area (Å²) in [5, 5.41) is 3.29. The zero-order chi connectivity index (χ0) is 27.9. The van der Waals surface area contributed by atoms with Gasteiger partial charge in [-0.3, -0.25) is 9.59 Å². The zero-order valence-electron chi connectivity index (χ0n) is 22.8. The number of nitrogens with one attached hydrogen (secondary N) is 1. The predicted octanol–water partition coefficient (Wildman–Crippen LogP) is 5.17. The van der Waals surface area contributed by atoms with Crippen LogP contribution in [0.2, 0.25) is 0 Å². The molecular formula is C31H35NO6S. The Hall–Kier alpha value is -3.52. The van der Waals surface area contributed by atoms with E-state index in [-0.39, 0.29) is 18.3 Å². The number of rotatable bonds is 10. The number of esters is 2. The molecule has 7 nitrogen and oxygen atoms in total. The van der Waals surface area contributed by atoms with Gasteiger partial charge in [0.15, 0.2) is 5.78 Å². The van der Waals surface area contributed by atoms with Crippen molar-refractivity contribution in [3.8, 4) is 5.75 Å². The second-order valence-electron chi connectivity index (χ2n) is 9.71. The number of carbonyl (C=O) groups is 3. The van der Waals surface area contributed by atoms with Crippen LogP contribution in [-0.2, 0) is 30.5 Å². The molecule has 0 amide bonds. The second-order valence-corrected chi connectivity index (χ2v) is 11.1. The maximum absolute atomic E-state index is 13.9. The third-order valence-corrected chi connectivity index (χ3v) is 7.95. The summed E-state index contributed by atoms with van der Waals surface area (Å²) in [5.74, 6) is -0.910. The van der Waals surface area contributed by atoms with Crippen LogP contribution >= 0.6 is 11.8 Å². The largest absolute Gasteiger partial charge is 0.489 e. The van der Waals surface area contributed by atoms with Gasteiger partial charge in [0, 0.05) is 28.6 Å². The van der Waals surface area contributed by atoms with Gasteiger partial charge in [-0.05, 0) is 48.3 Å². The Morgan fingerprint density at radius 2 is 1.79 bits per heavy atom. The number of ketones is 1. The van der Waals surface area contributed by atoms with Gasteiger partial charge in [0.2, 0.25) is 0 Å². The summed E-state index contributed by atoms with van der Waals surface area (Å²) in [6, 6.07) is 17.3. The normalized spacial score (nSPS) is 20.7. The number of hydrogen-bond acceptors (Lipinski definition) is 8. The summed E-state index contributed by atoms with van der Waals surface area (Å²) in [5.41, 5.74) is 3.97. The van der Waals surface area contributed by atoms with Crippen molar-refractivity contribution in [3.05, 3.63) is 88.3 Å². The van der Waals surface area contributed by atoms with Gasteiger partial charge in [0.1, 0.15) is 24.9 Å². The lowest BCUT2D eigenvalue weighted by atomic mass is 9.69. The highest BCUT2D eigenvalue weighted by Crippen LogP contribution is 2.45. The summed E-state index contributed by atoms with van der Waals surface area (Å²) in [4.78, 5) is 39.9. The number of ether oxygens (including phenoxy) is 3. The fourth-order valence-corrected chi connectivity index (χ4v) is 5.69. The third-order valence-electron chi connectivity index (χ3n) is 7.09. The first-order chi connectivity index (χ1) is 18.8. The fourth-order valence-electron chi connectivity index (χ4n) is 5.20. The summed E-state index contributed by atoms with van der Waals surface area (Å²) < 4.78 is 16.6. The second kappa shape index (κ2) is 13.0. The van der Waals surface area contributed by atoms with Gasteiger partial charge in [-0.15, -0.1) is 0 Å². The number of dihydropyridines is 1. The van der Waals surface area contributed by atoms with E-state index in [9.17, 15) is 14.4 Å². The van der Waals surface area contributed by atoms with Crippen LogP contribution in [0.5, 0.6) is 5.75 Å². The molecule has 0 spiro atoms. The molecule has 1 N–H and O–H groups in total. The summed E-state index contributed by atoms with van der Waals surface area (Å²) in [6.07, 6.45) is 0.489. The van der Waals surface area contributed by atoms with E-state index in [2.05, 4.69) is 12.2 Å². The molecule has 39 heavy (non-hydrogen) atoms. The van der Waals surface area contributed by atoms with Crippen LogP contribution < -0.4 is 10.1 Å². The SMILES string of the molecule is CCSCCOC(=O)C1=C(C)NC2=C(C(=O)[C@@H](C(=O)OC)[C@@H](C)C2)[C@@H]1c1ccc(OCc2ccccc2)cc1. The predicted molar refractivity (Wildman–Crippen MR) is 151 cm³/mol. The maximum atomic E-state index is 13.9. The van der Waals surface area contributed by atoms with Crippen LogP contribution in [0.1, 0.15) is 44.2 Å². The highest BCUT2D eigenvalue weighted by Gasteiger charge is 2.47. The monoisotopic (exact) mass is 549 g/mol. The number of allylic oxidation sites excluding steroid dienone is 3. The van der Waals surface area contributed by atoms with Crippen LogP contribution in [0.25, 0.3) is 0 Å². The van der Waals surface area contributed by atoms with Crippen LogP contribution in [0, 0.1) is 11.8 Å². The van der Waals surface area contributed by atoms with Crippen LogP contribution in [0.15, 0.2) is 77.1 Å². The lowest BCUT2D eigenvalue weighted by Crippen LogP contribution is -2.43. The molecule has 0 unspecified atom stereocenters. The highest BCUT2D eigenvalue weighted by atomic mass is 32.2. The average molecular weight is 550 g/mol. The molecular weight excluding hydrogens is 514 g/mol. The average Bonchev–Trinajstić information content (AvgIpc) is 2.94. The molecule has 0 saturated carbocycles.